The molecular weight excluding hydrogens is 381 g/mol. The van der Waals surface area contributed by atoms with Gasteiger partial charge < -0.3 is 10.6 Å². The first-order valence-corrected chi connectivity index (χ1v) is 8.90. The molecule has 0 spiro atoms. The third-order valence-electron chi connectivity index (χ3n) is 2.77. The van der Waals surface area contributed by atoms with E-state index in [1.54, 1.807) is 0 Å². The Bertz CT molecular complexity index is 240. The second-order valence-electron chi connectivity index (χ2n) is 6.05. The van der Waals surface area contributed by atoms with E-state index in [1.807, 2.05) is 11.8 Å². The Morgan fingerprint density at radius 3 is 2.35 bits per heavy atom. The smallest absolute Gasteiger partial charge is 0.191 e. The van der Waals surface area contributed by atoms with Gasteiger partial charge in [0.15, 0.2) is 5.96 Å². The summed E-state index contributed by atoms with van der Waals surface area (Å²) < 4.78 is 0. The van der Waals surface area contributed by atoms with Gasteiger partial charge in [-0.2, -0.15) is 11.8 Å². The Balaban J connectivity index is 0. The molecule has 0 saturated carbocycles. The number of guanidine groups is 1. The van der Waals surface area contributed by atoms with Gasteiger partial charge in [0.05, 0.1) is 0 Å². The fraction of sp³-hybridized carbons (Fsp3) is 0.933. The lowest BCUT2D eigenvalue weighted by atomic mass is 9.91. The van der Waals surface area contributed by atoms with Gasteiger partial charge in [-0.05, 0) is 50.0 Å². The van der Waals surface area contributed by atoms with E-state index in [4.69, 9.17) is 0 Å². The molecule has 0 aliphatic rings. The summed E-state index contributed by atoms with van der Waals surface area (Å²) >= 11 is 1.92. The van der Waals surface area contributed by atoms with Crippen LogP contribution in [-0.2, 0) is 0 Å². The summed E-state index contributed by atoms with van der Waals surface area (Å²) in [7, 11) is 0. The number of hydrogen-bond donors (Lipinski definition) is 2. The van der Waals surface area contributed by atoms with E-state index in [0.717, 1.165) is 32.0 Å². The van der Waals surface area contributed by atoms with Crippen LogP contribution < -0.4 is 10.6 Å². The fourth-order valence-electron chi connectivity index (χ4n) is 1.72. The molecule has 0 heterocycles. The highest BCUT2D eigenvalue weighted by atomic mass is 127. The molecule has 0 unspecified atom stereocenters. The minimum Gasteiger partial charge on any atom is -0.357 e. The van der Waals surface area contributed by atoms with Crippen molar-refractivity contribution < 1.29 is 0 Å². The standard InChI is InChI=1S/C15H33N3S.HI/c1-6-16-14(17-11-7-8-13-19-5)18-12-9-10-15(2,3)4;/h6-13H2,1-5H3,(H2,16,17,18);1H. The van der Waals surface area contributed by atoms with Crippen LogP contribution in [0.2, 0.25) is 0 Å². The van der Waals surface area contributed by atoms with Crippen molar-refractivity contribution >= 4 is 41.7 Å². The number of unbranched alkanes of at least 4 members (excludes halogenated alkanes) is 1. The molecule has 0 atom stereocenters. The first kappa shape index (κ1) is 22.6. The zero-order valence-electron chi connectivity index (χ0n) is 13.9. The number of nitrogens with zero attached hydrogens (tertiary/aromatic N) is 1. The maximum absolute atomic E-state index is 4.62. The topological polar surface area (TPSA) is 36.4 Å². The Morgan fingerprint density at radius 1 is 1.10 bits per heavy atom. The average Bonchev–Trinajstić information content (AvgIpc) is 2.33. The zero-order chi connectivity index (χ0) is 14.6. The summed E-state index contributed by atoms with van der Waals surface area (Å²) in [5.74, 6) is 2.22. The molecule has 2 N–H and O–H groups in total. The highest BCUT2D eigenvalue weighted by Crippen LogP contribution is 2.20. The Labute approximate surface area is 147 Å². The molecule has 0 aromatic carbocycles. The number of rotatable bonds is 9. The summed E-state index contributed by atoms with van der Waals surface area (Å²) in [6, 6.07) is 0. The molecular formula is C15H34IN3S. The van der Waals surface area contributed by atoms with E-state index >= 15 is 0 Å². The van der Waals surface area contributed by atoms with Gasteiger partial charge in [-0.3, -0.25) is 4.99 Å². The van der Waals surface area contributed by atoms with Gasteiger partial charge in [0.1, 0.15) is 0 Å². The van der Waals surface area contributed by atoms with Gasteiger partial charge >= 0.3 is 0 Å². The van der Waals surface area contributed by atoms with Crippen molar-refractivity contribution in [3.63, 3.8) is 0 Å². The lowest BCUT2D eigenvalue weighted by Gasteiger charge is -2.17. The van der Waals surface area contributed by atoms with Gasteiger partial charge in [0, 0.05) is 19.6 Å². The molecule has 0 radical (unpaired) electrons. The fourth-order valence-corrected chi connectivity index (χ4v) is 2.21. The summed E-state index contributed by atoms with van der Waals surface area (Å²) in [6.07, 6.45) is 7.04. The lowest BCUT2D eigenvalue weighted by Crippen LogP contribution is -2.37. The normalized spacial score (nSPS) is 11.9. The first-order chi connectivity index (χ1) is 8.99. The van der Waals surface area contributed by atoms with Crippen LogP contribution in [0.1, 0.15) is 53.4 Å². The van der Waals surface area contributed by atoms with Gasteiger partial charge in [-0.25, -0.2) is 0 Å². The molecule has 20 heavy (non-hydrogen) atoms. The second kappa shape index (κ2) is 14.3. The van der Waals surface area contributed by atoms with E-state index in [-0.39, 0.29) is 24.0 Å². The Morgan fingerprint density at radius 2 is 1.80 bits per heavy atom. The van der Waals surface area contributed by atoms with E-state index in [1.165, 1.54) is 25.0 Å². The van der Waals surface area contributed by atoms with Crippen LogP contribution in [0.4, 0.5) is 0 Å². The van der Waals surface area contributed by atoms with Gasteiger partial charge in [-0.1, -0.05) is 20.8 Å². The Hall–Kier alpha value is 0.350. The SMILES string of the molecule is CCNC(=NCCCC(C)(C)C)NCCCCSC.I. The van der Waals surface area contributed by atoms with Crippen LogP contribution in [0.15, 0.2) is 4.99 Å². The molecule has 5 heteroatoms. The molecule has 0 aliphatic heterocycles. The van der Waals surface area contributed by atoms with E-state index in [9.17, 15) is 0 Å². The van der Waals surface area contributed by atoms with Gasteiger partial charge in [-0.15, -0.1) is 24.0 Å². The minimum absolute atomic E-state index is 0. The van der Waals surface area contributed by atoms with Crippen molar-refractivity contribution in [2.75, 3.05) is 31.6 Å². The summed E-state index contributed by atoms with van der Waals surface area (Å²) in [6.45, 7) is 11.8. The van der Waals surface area contributed by atoms with Crippen LogP contribution in [0.3, 0.4) is 0 Å². The highest BCUT2D eigenvalue weighted by molar-refractivity contribution is 14.0. The van der Waals surface area contributed by atoms with Crippen LogP contribution >= 0.6 is 35.7 Å². The van der Waals surface area contributed by atoms with Crippen molar-refractivity contribution in [3.05, 3.63) is 0 Å². The molecule has 122 valence electrons. The maximum Gasteiger partial charge on any atom is 0.191 e. The van der Waals surface area contributed by atoms with Gasteiger partial charge in [0.25, 0.3) is 0 Å². The summed E-state index contributed by atoms with van der Waals surface area (Å²) in [4.78, 5) is 4.62. The van der Waals surface area contributed by atoms with Crippen molar-refractivity contribution in [2.24, 2.45) is 10.4 Å². The monoisotopic (exact) mass is 415 g/mol. The number of hydrogen-bond acceptors (Lipinski definition) is 2. The predicted molar refractivity (Wildman–Crippen MR) is 106 cm³/mol. The molecule has 3 nitrogen and oxygen atoms in total. The molecule has 0 amide bonds. The first-order valence-electron chi connectivity index (χ1n) is 7.50. The number of halogens is 1. The highest BCUT2D eigenvalue weighted by Gasteiger charge is 2.08. The lowest BCUT2D eigenvalue weighted by molar-refractivity contribution is 0.368. The number of thioether (sulfide) groups is 1. The van der Waals surface area contributed by atoms with Crippen molar-refractivity contribution in [3.8, 4) is 0 Å². The van der Waals surface area contributed by atoms with Crippen LogP contribution in [-0.4, -0.2) is 37.6 Å². The summed E-state index contributed by atoms with van der Waals surface area (Å²) in [5.41, 5.74) is 0.416. The quantitative estimate of drug-likeness (QED) is 0.257. The van der Waals surface area contributed by atoms with Crippen LogP contribution in [0, 0.1) is 5.41 Å². The summed E-state index contributed by atoms with van der Waals surface area (Å²) in [5, 5.41) is 6.71. The molecule has 0 bridgehead atoms. The van der Waals surface area contributed by atoms with E-state index in [2.05, 4.69) is 49.6 Å². The second-order valence-corrected chi connectivity index (χ2v) is 7.04. The molecule has 0 aliphatic carbocycles. The van der Waals surface area contributed by atoms with E-state index in [0.29, 0.717) is 5.41 Å². The van der Waals surface area contributed by atoms with Crippen molar-refractivity contribution in [1.82, 2.24) is 10.6 Å². The number of aliphatic imine (C=N–C) groups is 1. The largest absolute Gasteiger partial charge is 0.357 e. The Kier molecular flexibility index (Phi) is 16.2. The van der Waals surface area contributed by atoms with Crippen LogP contribution in [0.25, 0.3) is 0 Å². The minimum atomic E-state index is 0. The van der Waals surface area contributed by atoms with Crippen LogP contribution in [0.5, 0.6) is 0 Å². The third-order valence-corrected chi connectivity index (χ3v) is 3.46. The van der Waals surface area contributed by atoms with Crippen molar-refractivity contribution in [2.45, 2.75) is 53.4 Å². The number of nitrogens with one attached hydrogen (secondary N) is 2. The molecule has 0 rings (SSSR count). The third kappa shape index (κ3) is 16.4. The molecule has 0 fully saturated rings. The van der Waals surface area contributed by atoms with E-state index < -0.39 is 0 Å². The average molecular weight is 415 g/mol. The molecule has 0 aromatic heterocycles. The zero-order valence-corrected chi connectivity index (χ0v) is 17.1. The predicted octanol–water partition coefficient (Wildman–Crippen LogP) is 4.13. The maximum atomic E-state index is 4.62. The molecule has 0 aromatic rings. The van der Waals surface area contributed by atoms with Gasteiger partial charge in [0.2, 0.25) is 0 Å². The van der Waals surface area contributed by atoms with Crippen molar-refractivity contribution in [1.29, 1.82) is 0 Å². The molecule has 0 saturated heterocycles.